The van der Waals surface area contributed by atoms with Crippen molar-refractivity contribution in [2.24, 2.45) is 10.9 Å². The topological polar surface area (TPSA) is 39.7 Å². The molecule has 1 aliphatic heterocycles. The van der Waals surface area contributed by atoms with Gasteiger partial charge in [-0.1, -0.05) is 6.92 Å². The summed E-state index contributed by atoms with van der Waals surface area (Å²) >= 11 is 0. The molecule has 1 saturated heterocycles. The second kappa shape index (κ2) is 9.94. The maximum Gasteiger partial charge on any atom is 0.190 e. The first kappa shape index (κ1) is 17.0. The summed E-state index contributed by atoms with van der Waals surface area (Å²) in [6, 6.07) is 0. The Morgan fingerprint density at radius 3 is 2.76 bits per heavy atom. The number of nitrogens with zero attached hydrogens (tertiary/aromatic N) is 2. The molecule has 0 spiro atoms. The zero-order valence-corrected chi connectivity index (χ0v) is 13.7. The van der Waals surface area contributed by atoms with E-state index in [0.29, 0.717) is 0 Å². The number of hydrogen-bond donors (Lipinski definition) is 2. The van der Waals surface area contributed by atoms with Gasteiger partial charge in [0.2, 0.25) is 0 Å². The molecule has 1 aliphatic rings. The Kier molecular flexibility index (Phi) is 9.91. The van der Waals surface area contributed by atoms with Crippen molar-refractivity contribution in [1.82, 2.24) is 15.5 Å². The fraction of sp³-hybridized carbons (Fsp3) is 0.917. The van der Waals surface area contributed by atoms with Crippen molar-refractivity contribution in [1.29, 1.82) is 0 Å². The van der Waals surface area contributed by atoms with Crippen LogP contribution in [0.2, 0.25) is 0 Å². The molecule has 1 heterocycles. The molecule has 0 aromatic rings. The smallest absolute Gasteiger partial charge is 0.190 e. The SMILES string of the molecule is CCCNC(=NC)NCC1CCCN(C)C1.I. The van der Waals surface area contributed by atoms with Gasteiger partial charge in [-0.05, 0) is 38.8 Å². The lowest BCUT2D eigenvalue weighted by Crippen LogP contribution is -2.43. The van der Waals surface area contributed by atoms with E-state index < -0.39 is 0 Å². The van der Waals surface area contributed by atoms with Gasteiger partial charge in [0.05, 0.1) is 0 Å². The number of halogens is 1. The van der Waals surface area contributed by atoms with Gasteiger partial charge in [-0.3, -0.25) is 4.99 Å². The first-order chi connectivity index (χ1) is 7.76. The van der Waals surface area contributed by atoms with Gasteiger partial charge in [-0.25, -0.2) is 0 Å². The average Bonchev–Trinajstić information content (AvgIpc) is 2.29. The molecule has 0 aromatic carbocycles. The fourth-order valence-corrected chi connectivity index (χ4v) is 2.14. The van der Waals surface area contributed by atoms with Gasteiger partial charge < -0.3 is 15.5 Å². The molecule has 4 nitrogen and oxygen atoms in total. The first-order valence-electron chi connectivity index (χ1n) is 6.39. The minimum Gasteiger partial charge on any atom is -0.356 e. The molecule has 1 atom stereocenters. The Bertz CT molecular complexity index is 221. The lowest BCUT2D eigenvalue weighted by atomic mass is 9.99. The van der Waals surface area contributed by atoms with E-state index in [-0.39, 0.29) is 24.0 Å². The highest BCUT2D eigenvalue weighted by Gasteiger charge is 2.16. The predicted octanol–water partition coefficient (Wildman–Crippen LogP) is 1.52. The quantitative estimate of drug-likeness (QED) is 0.457. The van der Waals surface area contributed by atoms with Crippen molar-refractivity contribution in [3.8, 4) is 0 Å². The second-order valence-electron chi connectivity index (χ2n) is 4.65. The van der Waals surface area contributed by atoms with E-state index in [9.17, 15) is 0 Å². The van der Waals surface area contributed by atoms with Crippen LogP contribution in [0.5, 0.6) is 0 Å². The van der Waals surface area contributed by atoms with Gasteiger partial charge in [0.1, 0.15) is 0 Å². The Labute approximate surface area is 123 Å². The van der Waals surface area contributed by atoms with Crippen molar-refractivity contribution >= 4 is 29.9 Å². The molecule has 2 N–H and O–H groups in total. The number of aliphatic imine (C=N–C) groups is 1. The van der Waals surface area contributed by atoms with Crippen molar-refractivity contribution in [3.63, 3.8) is 0 Å². The predicted molar refractivity (Wildman–Crippen MR) is 85.3 cm³/mol. The van der Waals surface area contributed by atoms with Crippen LogP contribution in [0.3, 0.4) is 0 Å². The van der Waals surface area contributed by atoms with Crippen LogP contribution in [-0.4, -0.2) is 51.1 Å². The summed E-state index contributed by atoms with van der Waals surface area (Å²) in [4.78, 5) is 6.62. The van der Waals surface area contributed by atoms with E-state index in [1.54, 1.807) is 0 Å². The summed E-state index contributed by atoms with van der Waals surface area (Å²) in [5.41, 5.74) is 0. The molecule has 0 bridgehead atoms. The number of guanidine groups is 1. The number of nitrogens with one attached hydrogen (secondary N) is 2. The Hall–Kier alpha value is -0.0400. The average molecular weight is 354 g/mol. The standard InChI is InChI=1S/C12H26N4.HI/c1-4-7-14-12(13-2)15-9-11-6-5-8-16(3)10-11;/h11H,4-10H2,1-3H3,(H2,13,14,15);1H. The molecule has 102 valence electrons. The van der Waals surface area contributed by atoms with Crippen LogP contribution in [0.1, 0.15) is 26.2 Å². The Morgan fingerprint density at radius 1 is 1.41 bits per heavy atom. The highest BCUT2D eigenvalue weighted by molar-refractivity contribution is 14.0. The van der Waals surface area contributed by atoms with Crippen molar-refractivity contribution in [3.05, 3.63) is 0 Å². The van der Waals surface area contributed by atoms with Crippen LogP contribution < -0.4 is 10.6 Å². The summed E-state index contributed by atoms with van der Waals surface area (Å²) in [6.07, 6.45) is 3.79. The van der Waals surface area contributed by atoms with Crippen molar-refractivity contribution < 1.29 is 0 Å². The van der Waals surface area contributed by atoms with Crippen LogP contribution in [0.4, 0.5) is 0 Å². The Morgan fingerprint density at radius 2 is 2.18 bits per heavy atom. The molecule has 5 heteroatoms. The number of rotatable bonds is 4. The number of hydrogen-bond acceptors (Lipinski definition) is 2. The number of likely N-dealkylation sites (tertiary alicyclic amines) is 1. The summed E-state index contributed by atoms with van der Waals surface area (Å²) in [6.45, 7) is 6.64. The summed E-state index contributed by atoms with van der Waals surface area (Å²) < 4.78 is 0. The summed E-state index contributed by atoms with van der Waals surface area (Å²) in [5.74, 6) is 1.70. The molecule has 1 unspecified atom stereocenters. The summed E-state index contributed by atoms with van der Waals surface area (Å²) in [7, 11) is 4.04. The third-order valence-corrected chi connectivity index (χ3v) is 3.05. The van der Waals surface area contributed by atoms with E-state index in [1.165, 1.54) is 25.9 Å². The van der Waals surface area contributed by atoms with Gasteiger partial charge in [-0.2, -0.15) is 0 Å². The second-order valence-corrected chi connectivity index (χ2v) is 4.65. The molecule has 0 saturated carbocycles. The zero-order chi connectivity index (χ0) is 11.8. The zero-order valence-electron chi connectivity index (χ0n) is 11.3. The monoisotopic (exact) mass is 354 g/mol. The highest BCUT2D eigenvalue weighted by atomic mass is 127. The van der Waals surface area contributed by atoms with Crippen molar-refractivity contribution in [2.75, 3.05) is 40.3 Å². The molecule has 0 aliphatic carbocycles. The van der Waals surface area contributed by atoms with Gasteiger partial charge >= 0.3 is 0 Å². The number of piperidine rings is 1. The molecule has 0 aromatic heterocycles. The van der Waals surface area contributed by atoms with E-state index >= 15 is 0 Å². The molecule has 1 fully saturated rings. The molecule has 0 amide bonds. The summed E-state index contributed by atoms with van der Waals surface area (Å²) in [5, 5.41) is 6.70. The minimum absolute atomic E-state index is 0. The van der Waals surface area contributed by atoms with E-state index in [1.807, 2.05) is 7.05 Å². The van der Waals surface area contributed by atoms with Gasteiger partial charge in [0.15, 0.2) is 5.96 Å². The van der Waals surface area contributed by atoms with E-state index in [2.05, 4.69) is 34.5 Å². The van der Waals surface area contributed by atoms with Crippen LogP contribution in [-0.2, 0) is 0 Å². The molecular weight excluding hydrogens is 327 g/mol. The Balaban J connectivity index is 0.00000256. The molecule has 0 radical (unpaired) electrons. The minimum atomic E-state index is 0. The molecular formula is C12H27IN4. The molecule has 17 heavy (non-hydrogen) atoms. The largest absolute Gasteiger partial charge is 0.356 e. The highest BCUT2D eigenvalue weighted by Crippen LogP contribution is 2.13. The van der Waals surface area contributed by atoms with Crippen LogP contribution >= 0.6 is 24.0 Å². The van der Waals surface area contributed by atoms with Crippen LogP contribution in [0.15, 0.2) is 4.99 Å². The third kappa shape index (κ3) is 7.08. The van der Waals surface area contributed by atoms with E-state index in [0.717, 1.165) is 31.4 Å². The van der Waals surface area contributed by atoms with Crippen LogP contribution in [0.25, 0.3) is 0 Å². The molecule has 1 rings (SSSR count). The maximum atomic E-state index is 4.21. The lowest BCUT2D eigenvalue weighted by Gasteiger charge is -2.30. The van der Waals surface area contributed by atoms with Gasteiger partial charge in [0, 0.05) is 26.7 Å². The lowest BCUT2D eigenvalue weighted by molar-refractivity contribution is 0.210. The fourth-order valence-electron chi connectivity index (χ4n) is 2.14. The van der Waals surface area contributed by atoms with Gasteiger partial charge in [-0.15, -0.1) is 24.0 Å². The van der Waals surface area contributed by atoms with Crippen LogP contribution in [0, 0.1) is 5.92 Å². The maximum absolute atomic E-state index is 4.21. The normalized spacial score (nSPS) is 21.8. The third-order valence-electron chi connectivity index (χ3n) is 3.05. The van der Waals surface area contributed by atoms with Crippen molar-refractivity contribution in [2.45, 2.75) is 26.2 Å². The van der Waals surface area contributed by atoms with Gasteiger partial charge in [0.25, 0.3) is 0 Å². The first-order valence-corrected chi connectivity index (χ1v) is 6.39. The van der Waals surface area contributed by atoms with E-state index in [4.69, 9.17) is 0 Å².